The molecule has 0 spiro atoms. The standard InChI is InChI=1S/C22H21F3N2O2/c1-14-7-12-19-18(13-14)21(29,22(23,24)25)27(26-19)20(28)17-10-8-16(9-11-17)15-5-3-2-4-6-15/h2-6,8-11,14,18,29H,7,12-13H2,1H3/t14-,18+,21-/m1/s1. The summed E-state index contributed by atoms with van der Waals surface area (Å²) in [6.07, 6.45) is -3.83. The van der Waals surface area contributed by atoms with Gasteiger partial charge < -0.3 is 5.11 Å². The zero-order valence-corrected chi connectivity index (χ0v) is 15.9. The lowest BCUT2D eigenvalue weighted by Gasteiger charge is -2.39. The molecule has 0 saturated heterocycles. The summed E-state index contributed by atoms with van der Waals surface area (Å²) in [7, 11) is 0. The molecule has 2 aromatic carbocycles. The Balaban J connectivity index is 1.67. The lowest BCUT2D eigenvalue weighted by atomic mass is 9.76. The molecular weight excluding hydrogens is 381 g/mol. The first kappa shape index (κ1) is 19.6. The van der Waals surface area contributed by atoms with E-state index in [0.717, 1.165) is 11.1 Å². The number of hydrogen-bond donors (Lipinski definition) is 1. The van der Waals surface area contributed by atoms with Crippen LogP contribution < -0.4 is 0 Å². The molecule has 1 amide bonds. The highest BCUT2D eigenvalue weighted by atomic mass is 19.4. The number of benzene rings is 2. The zero-order chi connectivity index (χ0) is 20.8. The van der Waals surface area contributed by atoms with Crippen LogP contribution in [0.5, 0.6) is 0 Å². The first-order valence-electron chi connectivity index (χ1n) is 9.58. The monoisotopic (exact) mass is 402 g/mol. The molecule has 1 aliphatic heterocycles. The minimum atomic E-state index is -5.01. The van der Waals surface area contributed by atoms with E-state index < -0.39 is 23.7 Å². The Morgan fingerprint density at radius 1 is 1.10 bits per heavy atom. The molecule has 1 saturated carbocycles. The Bertz CT molecular complexity index is 941. The summed E-state index contributed by atoms with van der Waals surface area (Å²) in [6.45, 7) is 1.85. The number of nitrogens with zero attached hydrogens (tertiary/aromatic N) is 2. The fourth-order valence-corrected chi connectivity index (χ4v) is 4.17. The van der Waals surface area contributed by atoms with Gasteiger partial charge in [0.15, 0.2) is 0 Å². The van der Waals surface area contributed by atoms with Crippen LogP contribution in [0.25, 0.3) is 11.1 Å². The molecule has 152 valence electrons. The van der Waals surface area contributed by atoms with Crippen LogP contribution in [0, 0.1) is 11.8 Å². The van der Waals surface area contributed by atoms with Gasteiger partial charge in [-0.2, -0.15) is 23.3 Å². The highest BCUT2D eigenvalue weighted by Gasteiger charge is 2.68. The number of aliphatic hydroxyl groups is 1. The van der Waals surface area contributed by atoms with Gasteiger partial charge in [0.05, 0.1) is 5.92 Å². The summed E-state index contributed by atoms with van der Waals surface area (Å²) in [6, 6.07) is 15.7. The van der Waals surface area contributed by atoms with Gasteiger partial charge in [-0.3, -0.25) is 4.79 Å². The van der Waals surface area contributed by atoms with Gasteiger partial charge in [-0.25, -0.2) is 0 Å². The van der Waals surface area contributed by atoms with E-state index in [1.165, 1.54) is 12.1 Å². The van der Waals surface area contributed by atoms with Crippen molar-refractivity contribution in [3.05, 3.63) is 60.2 Å². The first-order valence-corrected chi connectivity index (χ1v) is 9.58. The van der Waals surface area contributed by atoms with Gasteiger partial charge in [0.25, 0.3) is 11.6 Å². The fourth-order valence-electron chi connectivity index (χ4n) is 4.17. The molecular formula is C22H21F3N2O2. The molecule has 1 N–H and O–H groups in total. The quantitative estimate of drug-likeness (QED) is 0.781. The number of carbonyl (C=O) groups excluding carboxylic acids is 1. The zero-order valence-electron chi connectivity index (χ0n) is 15.9. The van der Waals surface area contributed by atoms with Crippen molar-refractivity contribution in [2.75, 3.05) is 0 Å². The summed E-state index contributed by atoms with van der Waals surface area (Å²) < 4.78 is 41.8. The summed E-state index contributed by atoms with van der Waals surface area (Å²) >= 11 is 0. The number of alkyl halides is 3. The SMILES string of the molecule is C[C@@H]1CCC2=NN(C(=O)c3ccc(-c4ccccc4)cc3)[C@](O)(C(F)(F)F)[C@H]2C1. The van der Waals surface area contributed by atoms with E-state index in [9.17, 15) is 23.1 Å². The molecule has 1 aliphatic carbocycles. The molecule has 0 aromatic heterocycles. The minimum Gasteiger partial charge on any atom is -0.362 e. The van der Waals surface area contributed by atoms with E-state index in [0.29, 0.717) is 12.8 Å². The van der Waals surface area contributed by atoms with Crippen molar-refractivity contribution in [3.63, 3.8) is 0 Å². The maximum Gasteiger partial charge on any atom is 0.439 e. The van der Waals surface area contributed by atoms with Gasteiger partial charge in [0, 0.05) is 11.3 Å². The van der Waals surface area contributed by atoms with E-state index >= 15 is 0 Å². The third-order valence-electron chi connectivity index (χ3n) is 5.82. The van der Waals surface area contributed by atoms with E-state index in [1.54, 1.807) is 12.1 Å². The van der Waals surface area contributed by atoms with E-state index in [-0.39, 0.29) is 28.6 Å². The van der Waals surface area contributed by atoms with Crippen LogP contribution in [-0.2, 0) is 0 Å². The molecule has 1 fully saturated rings. The largest absolute Gasteiger partial charge is 0.439 e. The molecule has 7 heteroatoms. The van der Waals surface area contributed by atoms with Gasteiger partial charge in [0.2, 0.25) is 0 Å². The lowest BCUT2D eigenvalue weighted by molar-refractivity contribution is -0.313. The predicted molar refractivity (Wildman–Crippen MR) is 103 cm³/mol. The minimum absolute atomic E-state index is 0.0213. The average Bonchev–Trinajstić information content (AvgIpc) is 3.01. The van der Waals surface area contributed by atoms with Crippen molar-refractivity contribution < 1.29 is 23.1 Å². The maximum absolute atomic E-state index is 13.9. The normalized spacial score (nSPS) is 26.8. The van der Waals surface area contributed by atoms with Gasteiger partial charge in [-0.1, -0.05) is 49.4 Å². The van der Waals surface area contributed by atoms with Crippen molar-refractivity contribution >= 4 is 11.6 Å². The number of hydrazone groups is 1. The number of hydrogen-bond acceptors (Lipinski definition) is 3. The highest BCUT2D eigenvalue weighted by Crippen LogP contribution is 2.49. The number of halogens is 3. The Kier molecular flexibility index (Phi) is 4.73. The fraction of sp³-hybridized carbons (Fsp3) is 0.364. The van der Waals surface area contributed by atoms with E-state index in [2.05, 4.69) is 5.10 Å². The van der Waals surface area contributed by atoms with Crippen LogP contribution in [0.2, 0.25) is 0 Å². The van der Waals surface area contributed by atoms with Crippen LogP contribution in [0.3, 0.4) is 0 Å². The molecule has 0 unspecified atom stereocenters. The lowest BCUT2D eigenvalue weighted by Crippen LogP contribution is -2.61. The van der Waals surface area contributed by atoms with Crippen LogP contribution in [0.15, 0.2) is 59.7 Å². The molecule has 0 radical (unpaired) electrons. The summed E-state index contributed by atoms with van der Waals surface area (Å²) in [4.78, 5) is 12.9. The van der Waals surface area contributed by atoms with Crippen molar-refractivity contribution in [2.45, 2.75) is 38.1 Å². The first-order chi connectivity index (χ1) is 13.7. The maximum atomic E-state index is 13.9. The molecule has 4 nitrogen and oxygen atoms in total. The number of amides is 1. The Morgan fingerprint density at radius 2 is 1.72 bits per heavy atom. The summed E-state index contributed by atoms with van der Waals surface area (Å²) in [5.74, 6) is -2.16. The molecule has 3 atom stereocenters. The highest BCUT2D eigenvalue weighted by molar-refractivity contribution is 5.99. The van der Waals surface area contributed by atoms with Crippen molar-refractivity contribution in [3.8, 4) is 11.1 Å². The topological polar surface area (TPSA) is 52.9 Å². The Labute approximate surface area is 166 Å². The van der Waals surface area contributed by atoms with E-state index in [1.807, 2.05) is 37.3 Å². The molecule has 2 aliphatic rings. The molecule has 1 heterocycles. The Morgan fingerprint density at radius 3 is 2.34 bits per heavy atom. The van der Waals surface area contributed by atoms with Crippen molar-refractivity contribution in [1.29, 1.82) is 0 Å². The van der Waals surface area contributed by atoms with Gasteiger partial charge in [0.1, 0.15) is 0 Å². The third-order valence-corrected chi connectivity index (χ3v) is 5.82. The number of fused-ring (bicyclic) bond motifs is 1. The van der Waals surface area contributed by atoms with Crippen molar-refractivity contribution in [2.24, 2.45) is 16.9 Å². The van der Waals surface area contributed by atoms with Crippen molar-refractivity contribution in [1.82, 2.24) is 5.01 Å². The molecule has 0 bridgehead atoms. The van der Waals surface area contributed by atoms with Gasteiger partial charge in [-0.15, -0.1) is 0 Å². The average molecular weight is 402 g/mol. The van der Waals surface area contributed by atoms with Crippen LogP contribution in [0.1, 0.15) is 36.5 Å². The van der Waals surface area contributed by atoms with Gasteiger partial charge >= 0.3 is 6.18 Å². The second-order valence-corrected chi connectivity index (χ2v) is 7.81. The smallest absolute Gasteiger partial charge is 0.362 e. The second-order valence-electron chi connectivity index (χ2n) is 7.81. The number of rotatable bonds is 2. The third kappa shape index (κ3) is 3.23. The van der Waals surface area contributed by atoms with E-state index in [4.69, 9.17) is 0 Å². The second kappa shape index (κ2) is 6.99. The number of carbonyl (C=O) groups is 1. The van der Waals surface area contributed by atoms with Crippen LogP contribution >= 0.6 is 0 Å². The molecule has 29 heavy (non-hydrogen) atoms. The summed E-state index contributed by atoms with van der Waals surface area (Å²) in [5, 5.41) is 14.9. The van der Waals surface area contributed by atoms with Gasteiger partial charge in [-0.05, 0) is 48.4 Å². The van der Waals surface area contributed by atoms with Crippen LogP contribution in [-0.4, -0.2) is 33.6 Å². The Hall–Kier alpha value is -2.67. The predicted octanol–water partition coefficient (Wildman–Crippen LogP) is 4.85. The molecule has 4 rings (SSSR count). The molecule has 2 aromatic rings. The summed E-state index contributed by atoms with van der Waals surface area (Å²) in [5.41, 5.74) is -1.25. The van der Waals surface area contributed by atoms with Crippen LogP contribution in [0.4, 0.5) is 13.2 Å².